The predicted octanol–water partition coefficient (Wildman–Crippen LogP) is 8.92. The van der Waals surface area contributed by atoms with Gasteiger partial charge in [-0.15, -0.1) is 0 Å². The molecule has 0 heterocycles. The van der Waals surface area contributed by atoms with Crippen LogP contribution >= 0.6 is 37.7 Å². The van der Waals surface area contributed by atoms with E-state index in [0.717, 1.165) is 0 Å². The summed E-state index contributed by atoms with van der Waals surface area (Å²) < 4.78 is 0. The molecular formula is C20H36Cl4Pt2. The molecule has 0 saturated heterocycles. The third kappa shape index (κ3) is 63.6. The quantitative estimate of drug-likeness (QED) is 0.215. The molecule has 0 spiro atoms. The average Bonchev–Trinajstić information content (AvgIpc) is 2.34. The second-order valence-corrected chi connectivity index (χ2v) is 16.2. The molecule has 0 unspecified atom stereocenters. The van der Waals surface area contributed by atoms with Gasteiger partial charge in [0.2, 0.25) is 0 Å². The monoisotopic (exact) mass is 806 g/mol. The molecule has 26 heavy (non-hydrogen) atoms. The van der Waals surface area contributed by atoms with E-state index in [9.17, 15) is 0 Å². The first-order valence-electron chi connectivity index (χ1n) is 7.98. The zero-order chi connectivity index (χ0) is 22.2. The third-order valence-electron chi connectivity index (χ3n) is 1.62. The summed E-state index contributed by atoms with van der Waals surface area (Å²) in [6.07, 6.45) is 0. The number of rotatable bonds is 0. The van der Waals surface area contributed by atoms with Crippen LogP contribution in [0.2, 0.25) is 0 Å². The van der Waals surface area contributed by atoms with Gasteiger partial charge in [0.05, 0.1) is 0 Å². The molecule has 0 aliphatic carbocycles. The van der Waals surface area contributed by atoms with Crippen LogP contribution in [0, 0.1) is 45.3 Å². The van der Waals surface area contributed by atoms with E-state index in [1.54, 1.807) is 0 Å². The first-order chi connectivity index (χ1) is 11.2. The normalized spacial score (nSPS) is 11.1. The molecule has 0 radical (unpaired) electrons. The van der Waals surface area contributed by atoms with Crippen molar-refractivity contribution in [3.05, 3.63) is 0 Å². The molecule has 0 aliphatic rings. The number of halogens is 4. The molecule has 0 aromatic heterocycles. The van der Waals surface area contributed by atoms with Gasteiger partial charge in [0.1, 0.15) is 0 Å². The van der Waals surface area contributed by atoms with E-state index >= 15 is 0 Å². The standard InChI is InChI=1S/2C10H18.4ClH.2Pt/c2*1-9(2,3)7-8-10(4,5)6;;;;;;/h2*1-6H3;4*1H;;/q;;;;;;2*+2/p-4. The second kappa shape index (κ2) is 17.5. The fraction of sp³-hybridized carbons (Fsp3) is 0.800. The Hall–Kier alpha value is 1.66. The van der Waals surface area contributed by atoms with Gasteiger partial charge in [-0.05, 0) is 83.1 Å². The summed E-state index contributed by atoms with van der Waals surface area (Å²) in [7, 11) is 19.5. The first-order valence-corrected chi connectivity index (χ1v) is 19.2. The Morgan fingerprint density at radius 2 is 0.462 bits per heavy atom. The zero-order valence-corrected chi connectivity index (χ0v) is 25.7. The number of hydrogen-bond donors (Lipinski definition) is 0. The van der Waals surface area contributed by atoms with E-state index in [-0.39, 0.29) is 21.7 Å². The second-order valence-electron chi connectivity index (χ2n) is 9.59. The van der Waals surface area contributed by atoms with E-state index in [0.29, 0.717) is 0 Å². The Morgan fingerprint density at radius 3 is 0.500 bits per heavy atom. The molecule has 0 amide bonds. The van der Waals surface area contributed by atoms with Crippen molar-refractivity contribution in [2.24, 2.45) is 21.7 Å². The van der Waals surface area contributed by atoms with Crippen LogP contribution in [0.25, 0.3) is 0 Å². The summed E-state index contributed by atoms with van der Waals surface area (Å²) in [4.78, 5) is 0. The summed E-state index contributed by atoms with van der Waals surface area (Å²) in [5.74, 6) is 12.8. The van der Waals surface area contributed by atoms with Crippen LogP contribution in [0.5, 0.6) is 0 Å². The van der Waals surface area contributed by atoms with Gasteiger partial charge in [-0.25, -0.2) is 0 Å². The molecular weight excluding hydrogens is 772 g/mol. The van der Waals surface area contributed by atoms with Crippen molar-refractivity contribution < 1.29 is 33.0 Å². The third-order valence-corrected chi connectivity index (χ3v) is 1.62. The Labute approximate surface area is 197 Å². The van der Waals surface area contributed by atoms with Crippen molar-refractivity contribution in [3.8, 4) is 23.7 Å². The molecule has 0 bridgehead atoms. The van der Waals surface area contributed by atoms with Crippen LogP contribution in [0.4, 0.5) is 0 Å². The van der Waals surface area contributed by atoms with Crippen molar-refractivity contribution in [1.82, 2.24) is 0 Å². The molecule has 0 aromatic carbocycles. The summed E-state index contributed by atoms with van der Waals surface area (Å²) >= 11 is -0.944. The maximum atomic E-state index is 4.88. The summed E-state index contributed by atoms with van der Waals surface area (Å²) in [6, 6.07) is 0. The van der Waals surface area contributed by atoms with E-state index < -0.39 is 33.0 Å². The Balaban J connectivity index is -0.000000143. The minimum absolute atomic E-state index is 0.146. The molecule has 0 fully saturated rings. The van der Waals surface area contributed by atoms with Crippen molar-refractivity contribution in [1.29, 1.82) is 0 Å². The molecule has 0 rings (SSSR count). The fourth-order valence-corrected chi connectivity index (χ4v) is 0.750. The van der Waals surface area contributed by atoms with Crippen molar-refractivity contribution in [3.63, 3.8) is 0 Å². The Kier molecular flexibility index (Phi) is 23.6. The van der Waals surface area contributed by atoms with E-state index in [4.69, 9.17) is 37.7 Å². The van der Waals surface area contributed by atoms with Gasteiger partial charge in [0.25, 0.3) is 0 Å². The van der Waals surface area contributed by atoms with Gasteiger partial charge in [-0.1, -0.05) is 23.7 Å². The summed E-state index contributed by atoms with van der Waals surface area (Å²) in [5.41, 5.74) is 0.584. The minimum atomic E-state index is -0.472. The summed E-state index contributed by atoms with van der Waals surface area (Å²) in [5, 5.41) is 0. The first kappa shape index (κ1) is 35.1. The van der Waals surface area contributed by atoms with E-state index in [2.05, 4.69) is 107 Å². The molecule has 0 nitrogen and oxygen atoms in total. The van der Waals surface area contributed by atoms with Crippen LogP contribution in [0.1, 0.15) is 83.1 Å². The van der Waals surface area contributed by atoms with Gasteiger partial charge >= 0.3 is 70.6 Å². The van der Waals surface area contributed by atoms with Crippen LogP contribution in [-0.4, -0.2) is 0 Å². The van der Waals surface area contributed by atoms with Crippen LogP contribution in [0.3, 0.4) is 0 Å². The van der Waals surface area contributed by atoms with Crippen LogP contribution < -0.4 is 0 Å². The molecule has 6 heteroatoms. The average molecular weight is 808 g/mol. The predicted molar refractivity (Wildman–Crippen MR) is 117 cm³/mol. The van der Waals surface area contributed by atoms with Gasteiger partial charge in [0.15, 0.2) is 0 Å². The molecule has 0 atom stereocenters. The molecule has 0 aliphatic heterocycles. The van der Waals surface area contributed by atoms with Crippen LogP contribution in [-0.2, 0) is 33.0 Å². The Bertz CT molecular complexity index is 360. The SMILES string of the molecule is CC(C)(C)C#CC(C)(C)C.CC(C)(C)C#CC(C)(C)C.[Cl][Pt][Cl].[Cl][Pt][Cl]. The van der Waals surface area contributed by atoms with Gasteiger partial charge in [-0.3, -0.25) is 0 Å². The van der Waals surface area contributed by atoms with Crippen molar-refractivity contribution >= 4 is 37.7 Å². The maximum absolute atomic E-state index is 4.88. The van der Waals surface area contributed by atoms with Crippen molar-refractivity contribution in [2.45, 2.75) is 83.1 Å². The zero-order valence-electron chi connectivity index (χ0n) is 18.1. The van der Waals surface area contributed by atoms with E-state index in [1.807, 2.05) is 0 Å². The molecule has 0 saturated carbocycles. The van der Waals surface area contributed by atoms with Crippen molar-refractivity contribution in [2.75, 3.05) is 0 Å². The topological polar surface area (TPSA) is 0 Å². The van der Waals surface area contributed by atoms with Gasteiger partial charge < -0.3 is 0 Å². The fourth-order valence-electron chi connectivity index (χ4n) is 0.750. The van der Waals surface area contributed by atoms with Crippen LogP contribution in [0.15, 0.2) is 0 Å². The molecule has 0 aromatic rings. The van der Waals surface area contributed by atoms with Gasteiger partial charge in [-0.2, -0.15) is 0 Å². The molecule has 0 N–H and O–H groups in total. The number of hydrogen-bond acceptors (Lipinski definition) is 0. The Morgan fingerprint density at radius 1 is 0.385 bits per heavy atom. The molecule has 164 valence electrons. The van der Waals surface area contributed by atoms with E-state index in [1.165, 1.54) is 0 Å². The summed E-state index contributed by atoms with van der Waals surface area (Å²) in [6.45, 7) is 25.6. The van der Waals surface area contributed by atoms with Gasteiger partial charge in [0, 0.05) is 21.7 Å².